The molecule has 1 aromatic rings. The average molecular weight is 192 g/mol. The zero-order valence-corrected chi connectivity index (χ0v) is 7.85. The molecule has 0 N–H and O–H groups in total. The van der Waals surface area contributed by atoms with Crippen LogP contribution in [-0.2, 0) is 11.3 Å². The summed E-state index contributed by atoms with van der Waals surface area (Å²) in [5, 5.41) is 8.89. The molecule has 0 spiro atoms. The minimum Gasteiger partial charge on any atom is -0.468 e. The third-order valence-electron chi connectivity index (χ3n) is 2.33. The van der Waals surface area contributed by atoms with Gasteiger partial charge >= 0.3 is 0 Å². The molecule has 1 aromatic heterocycles. The summed E-state index contributed by atoms with van der Waals surface area (Å²) in [4.78, 5) is 2.07. The molecule has 4 nitrogen and oxygen atoms in total. The predicted molar refractivity (Wildman–Crippen MR) is 49.3 cm³/mol. The number of morpholine rings is 1. The van der Waals surface area contributed by atoms with E-state index in [0.717, 1.165) is 12.3 Å². The Labute approximate surface area is 82.7 Å². The van der Waals surface area contributed by atoms with E-state index in [1.807, 2.05) is 12.1 Å². The molecule has 1 fully saturated rings. The number of rotatable bonds is 2. The molecule has 1 unspecified atom stereocenters. The molecule has 2 heterocycles. The number of furan rings is 1. The smallest absolute Gasteiger partial charge is 0.122 e. The van der Waals surface area contributed by atoms with Gasteiger partial charge in [-0.1, -0.05) is 0 Å². The number of nitriles is 1. The maximum atomic E-state index is 8.89. The highest BCUT2D eigenvalue weighted by atomic mass is 16.5. The standard InChI is InChI=1S/C10H12N2O2/c11-6-9-8-13-5-3-12(9)7-10-2-1-4-14-10/h1-2,4,9H,3,5,7-8H2. The van der Waals surface area contributed by atoms with Crippen LogP contribution in [0.25, 0.3) is 0 Å². The molecule has 1 aliphatic heterocycles. The zero-order valence-electron chi connectivity index (χ0n) is 7.85. The van der Waals surface area contributed by atoms with Crippen LogP contribution in [0.4, 0.5) is 0 Å². The highest BCUT2D eigenvalue weighted by molar-refractivity contribution is 5.01. The van der Waals surface area contributed by atoms with Crippen molar-refractivity contribution >= 4 is 0 Å². The van der Waals surface area contributed by atoms with Gasteiger partial charge in [0.2, 0.25) is 0 Å². The van der Waals surface area contributed by atoms with Crippen molar-refractivity contribution in [2.24, 2.45) is 0 Å². The maximum Gasteiger partial charge on any atom is 0.122 e. The molecule has 14 heavy (non-hydrogen) atoms. The summed E-state index contributed by atoms with van der Waals surface area (Å²) < 4.78 is 10.5. The topological polar surface area (TPSA) is 49.4 Å². The SMILES string of the molecule is N#CC1COCCN1Cc1ccco1. The summed E-state index contributed by atoms with van der Waals surface area (Å²) in [5.74, 6) is 0.896. The van der Waals surface area contributed by atoms with E-state index in [9.17, 15) is 0 Å². The molecular weight excluding hydrogens is 180 g/mol. The third-order valence-corrected chi connectivity index (χ3v) is 2.33. The summed E-state index contributed by atoms with van der Waals surface area (Å²) in [6.45, 7) is 2.67. The van der Waals surface area contributed by atoms with Crippen molar-refractivity contribution in [3.63, 3.8) is 0 Å². The van der Waals surface area contributed by atoms with E-state index in [4.69, 9.17) is 14.4 Å². The first kappa shape index (κ1) is 9.25. The molecule has 1 atom stereocenters. The van der Waals surface area contributed by atoms with Gasteiger partial charge in [-0.05, 0) is 12.1 Å². The Morgan fingerprint density at radius 1 is 1.64 bits per heavy atom. The van der Waals surface area contributed by atoms with E-state index in [-0.39, 0.29) is 6.04 Å². The van der Waals surface area contributed by atoms with Gasteiger partial charge in [-0.15, -0.1) is 0 Å². The Kier molecular flexibility index (Phi) is 2.82. The predicted octanol–water partition coefficient (Wildman–Crippen LogP) is 1.00. The Bertz CT molecular complexity index is 315. The van der Waals surface area contributed by atoms with Crippen molar-refractivity contribution < 1.29 is 9.15 Å². The number of hydrogen-bond acceptors (Lipinski definition) is 4. The van der Waals surface area contributed by atoms with E-state index in [2.05, 4.69) is 11.0 Å². The Morgan fingerprint density at radius 2 is 2.57 bits per heavy atom. The molecule has 0 aliphatic carbocycles. The second-order valence-corrected chi connectivity index (χ2v) is 3.27. The molecule has 0 radical (unpaired) electrons. The van der Waals surface area contributed by atoms with Crippen LogP contribution >= 0.6 is 0 Å². The van der Waals surface area contributed by atoms with Crippen molar-refractivity contribution in [1.82, 2.24) is 4.90 Å². The van der Waals surface area contributed by atoms with Crippen LogP contribution in [0.3, 0.4) is 0 Å². The molecule has 0 amide bonds. The lowest BCUT2D eigenvalue weighted by Gasteiger charge is -2.30. The molecule has 74 valence electrons. The number of nitrogens with zero attached hydrogens (tertiary/aromatic N) is 2. The van der Waals surface area contributed by atoms with Gasteiger partial charge in [0.15, 0.2) is 0 Å². The number of ether oxygens (including phenoxy) is 1. The Hall–Kier alpha value is -1.31. The van der Waals surface area contributed by atoms with Gasteiger partial charge in [-0.25, -0.2) is 0 Å². The molecule has 2 rings (SSSR count). The lowest BCUT2D eigenvalue weighted by Crippen LogP contribution is -2.43. The van der Waals surface area contributed by atoms with Crippen molar-refractivity contribution in [3.05, 3.63) is 24.2 Å². The summed E-state index contributed by atoms with van der Waals surface area (Å²) in [5.41, 5.74) is 0. The van der Waals surface area contributed by atoms with E-state index >= 15 is 0 Å². The van der Waals surface area contributed by atoms with Gasteiger partial charge in [0.25, 0.3) is 0 Å². The normalized spacial score (nSPS) is 23.2. The third kappa shape index (κ3) is 1.95. The van der Waals surface area contributed by atoms with Crippen LogP contribution in [0, 0.1) is 11.3 Å². The van der Waals surface area contributed by atoms with Gasteiger partial charge in [-0.3, -0.25) is 4.90 Å². The average Bonchev–Trinajstić information content (AvgIpc) is 2.71. The Balaban J connectivity index is 1.99. The van der Waals surface area contributed by atoms with Crippen molar-refractivity contribution in [3.8, 4) is 6.07 Å². The summed E-state index contributed by atoms with van der Waals surface area (Å²) in [6.07, 6.45) is 1.65. The van der Waals surface area contributed by atoms with Gasteiger partial charge in [0.05, 0.1) is 32.1 Å². The van der Waals surface area contributed by atoms with Crippen molar-refractivity contribution in [1.29, 1.82) is 5.26 Å². The fraction of sp³-hybridized carbons (Fsp3) is 0.500. The highest BCUT2D eigenvalue weighted by Gasteiger charge is 2.23. The summed E-state index contributed by atoms with van der Waals surface area (Å²) >= 11 is 0. The lowest BCUT2D eigenvalue weighted by molar-refractivity contribution is 0.00611. The Morgan fingerprint density at radius 3 is 3.29 bits per heavy atom. The van der Waals surface area contributed by atoms with Crippen LogP contribution in [0.15, 0.2) is 22.8 Å². The van der Waals surface area contributed by atoms with Gasteiger partial charge in [0, 0.05) is 6.54 Å². The van der Waals surface area contributed by atoms with E-state index in [1.165, 1.54) is 0 Å². The molecule has 0 aromatic carbocycles. The van der Waals surface area contributed by atoms with Crippen molar-refractivity contribution in [2.45, 2.75) is 12.6 Å². The van der Waals surface area contributed by atoms with Crippen LogP contribution in [-0.4, -0.2) is 30.7 Å². The molecule has 1 saturated heterocycles. The quantitative estimate of drug-likeness (QED) is 0.701. The first-order chi connectivity index (χ1) is 6.90. The molecule has 0 saturated carbocycles. The fourth-order valence-corrected chi connectivity index (χ4v) is 1.55. The fourth-order valence-electron chi connectivity index (χ4n) is 1.55. The van der Waals surface area contributed by atoms with Crippen LogP contribution in [0.2, 0.25) is 0 Å². The van der Waals surface area contributed by atoms with Crippen LogP contribution in [0.1, 0.15) is 5.76 Å². The zero-order chi connectivity index (χ0) is 9.80. The maximum absolute atomic E-state index is 8.89. The molecular formula is C10H12N2O2. The first-order valence-corrected chi connectivity index (χ1v) is 4.64. The minimum absolute atomic E-state index is 0.145. The molecule has 1 aliphatic rings. The largest absolute Gasteiger partial charge is 0.468 e. The monoisotopic (exact) mass is 192 g/mol. The second-order valence-electron chi connectivity index (χ2n) is 3.27. The van der Waals surface area contributed by atoms with Crippen LogP contribution in [0.5, 0.6) is 0 Å². The highest BCUT2D eigenvalue weighted by Crippen LogP contribution is 2.11. The second kappa shape index (κ2) is 4.27. The van der Waals surface area contributed by atoms with Crippen molar-refractivity contribution in [2.75, 3.05) is 19.8 Å². The minimum atomic E-state index is -0.145. The van der Waals surface area contributed by atoms with Crippen LogP contribution < -0.4 is 0 Å². The molecule has 4 heteroatoms. The molecule has 0 bridgehead atoms. The summed E-state index contributed by atoms with van der Waals surface area (Å²) in [7, 11) is 0. The van der Waals surface area contributed by atoms with E-state index in [1.54, 1.807) is 6.26 Å². The van der Waals surface area contributed by atoms with E-state index < -0.39 is 0 Å². The van der Waals surface area contributed by atoms with Gasteiger partial charge in [0.1, 0.15) is 11.8 Å². The first-order valence-electron chi connectivity index (χ1n) is 4.64. The number of hydrogen-bond donors (Lipinski definition) is 0. The van der Waals surface area contributed by atoms with Gasteiger partial charge < -0.3 is 9.15 Å². The lowest BCUT2D eigenvalue weighted by atomic mass is 10.2. The van der Waals surface area contributed by atoms with Gasteiger partial charge in [-0.2, -0.15) is 5.26 Å². The summed E-state index contributed by atoms with van der Waals surface area (Å²) in [6, 6.07) is 5.86. The van der Waals surface area contributed by atoms with E-state index in [0.29, 0.717) is 19.8 Å².